The van der Waals surface area contributed by atoms with Gasteiger partial charge in [0, 0.05) is 13.3 Å². The molecule has 0 atom stereocenters. The first-order chi connectivity index (χ1) is 5.74. The highest BCUT2D eigenvalue weighted by molar-refractivity contribution is 5.90. The quantitative estimate of drug-likeness (QED) is 0.703. The molecule has 1 heterocycles. The number of amides is 1. The third-order valence-corrected chi connectivity index (χ3v) is 1.39. The fraction of sp³-hybridized carbons (Fsp3) is 0.250. The van der Waals surface area contributed by atoms with Crippen molar-refractivity contribution in [1.82, 2.24) is 4.98 Å². The summed E-state index contributed by atoms with van der Waals surface area (Å²) in [5, 5.41) is 0. The van der Waals surface area contributed by atoms with E-state index < -0.39 is 5.91 Å². The molecule has 0 aliphatic rings. The standard InChI is InChI=1S/C8H10N2O2/c1-12-5-6-2-3-10-7(4-6)8(9)11/h2-4H,5H2,1H3,(H2,9,11). The van der Waals surface area contributed by atoms with Gasteiger partial charge in [0.15, 0.2) is 0 Å². The van der Waals surface area contributed by atoms with Crippen LogP contribution in [0.15, 0.2) is 18.3 Å². The summed E-state index contributed by atoms with van der Waals surface area (Å²) in [4.78, 5) is 14.5. The van der Waals surface area contributed by atoms with E-state index in [2.05, 4.69) is 4.98 Å². The molecule has 1 aromatic rings. The molecule has 0 saturated heterocycles. The predicted molar refractivity (Wildman–Crippen MR) is 43.5 cm³/mol. The van der Waals surface area contributed by atoms with E-state index in [1.165, 1.54) is 6.20 Å². The SMILES string of the molecule is COCc1ccnc(C(N)=O)c1. The van der Waals surface area contributed by atoms with Crippen molar-refractivity contribution in [2.75, 3.05) is 7.11 Å². The van der Waals surface area contributed by atoms with E-state index in [1.54, 1.807) is 19.2 Å². The Bertz CT molecular complexity index is 286. The van der Waals surface area contributed by atoms with Gasteiger partial charge in [-0.05, 0) is 17.7 Å². The van der Waals surface area contributed by atoms with E-state index in [1.807, 2.05) is 0 Å². The third-order valence-electron chi connectivity index (χ3n) is 1.39. The van der Waals surface area contributed by atoms with Gasteiger partial charge in [-0.1, -0.05) is 0 Å². The molecule has 1 aromatic heterocycles. The van der Waals surface area contributed by atoms with Crippen molar-refractivity contribution in [2.45, 2.75) is 6.61 Å². The Morgan fingerprint density at radius 1 is 1.75 bits per heavy atom. The Morgan fingerprint density at radius 3 is 3.08 bits per heavy atom. The predicted octanol–water partition coefficient (Wildman–Crippen LogP) is 0.327. The van der Waals surface area contributed by atoms with E-state index >= 15 is 0 Å². The number of hydrogen-bond acceptors (Lipinski definition) is 3. The summed E-state index contributed by atoms with van der Waals surface area (Å²) in [6, 6.07) is 3.39. The Labute approximate surface area is 70.4 Å². The lowest BCUT2D eigenvalue weighted by Crippen LogP contribution is -2.13. The highest BCUT2D eigenvalue weighted by Gasteiger charge is 2.01. The summed E-state index contributed by atoms with van der Waals surface area (Å²) in [5.74, 6) is -0.520. The number of rotatable bonds is 3. The maximum atomic E-state index is 10.7. The smallest absolute Gasteiger partial charge is 0.267 e. The molecule has 0 fully saturated rings. The van der Waals surface area contributed by atoms with Crippen LogP contribution in [0.1, 0.15) is 16.1 Å². The summed E-state index contributed by atoms with van der Waals surface area (Å²) in [6.07, 6.45) is 1.54. The fourth-order valence-electron chi connectivity index (χ4n) is 0.865. The van der Waals surface area contributed by atoms with Gasteiger partial charge in [0.25, 0.3) is 5.91 Å². The van der Waals surface area contributed by atoms with E-state index in [0.29, 0.717) is 6.61 Å². The highest BCUT2D eigenvalue weighted by atomic mass is 16.5. The molecule has 4 heteroatoms. The van der Waals surface area contributed by atoms with Gasteiger partial charge in [-0.2, -0.15) is 0 Å². The normalized spacial score (nSPS) is 9.75. The van der Waals surface area contributed by atoms with Crippen molar-refractivity contribution in [3.63, 3.8) is 0 Å². The van der Waals surface area contributed by atoms with E-state index in [4.69, 9.17) is 10.5 Å². The van der Waals surface area contributed by atoms with Crippen molar-refractivity contribution in [1.29, 1.82) is 0 Å². The number of nitrogens with two attached hydrogens (primary N) is 1. The van der Waals surface area contributed by atoms with Gasteiger partial charge in [-0.25, -0.2) is 0 Å². The van der Waals surface area contributed by atoms with Crippen molar-refractivity contribution >= 4 is 5.91 Å². The molecule has 2 N–H and O–H groups in total. The zero-order chi connectivity index (χ0) is 8.97. The molecular formula is C8H10N2O2. The van der Waals surface area contributed by atoms with Crippen LogP contribution in [-0.4, -0.2) is 18.0 Å². The van der Waals surface area contributed by atoms with Crippen LogP contribution in [0.3, 0.4) is 0 Å². The molecule has 4 nitrogen and oxygen atoms in total. The number of ether oxygens (including phenoxy) is 1. The molecule has 0 saturated carbocycles. The van der Waals surface area contributed by atoms with Crippen molar-refractivity contribution in [3.8, 4) is 0 Å². The van der Waals surface area contributed by atoms with Crippen LogP contribution >= 0.6 is 0 Å². The molecule has 0 bridgehead atoms. The topological polar surface area (TPSA) is 65.2 Å². The van der Waals surface area contributed by atoms with Crippen molar-refractivity contribution in [2.24, 2.45) is 5.73 Å². The number of carbonyl (C=O) groups is 1. The molecule has 0 aliphatic carbocycles. The van der Waals surface area contributed by atoms with Gasteiger partial charge < -0.3 is 10.5 Å². The van der Waals surface area contributed by atoms with E-state index in [-0.39, 0.29) is 5.69 Å². The third kappa shape index (κ3) is 2.03. The number of primary amides is 1. The maximum Gasteiger partial charge on any atom is 0.267 e. The molecule has 0 aromatic carbocycles. The molecule has 0 aliphatic heterocycles. The first-order valence-corrected chi connectivity index (χ1v) is 3.47. The second-order valence-corrected chi connectivity index (χ2v) is 2.35. The summed E-state index contributed by atoms with van der Waals surface area (Å²) >= 11 is 0. The lowest BCUT2D eigenvalue weighted by atomic mass is 10.2. The lowest BCUT2D eigenvalue weighted by Gasteiger charge is -1.99. The average molecular weight is 166 g/mol. The molecule has 0 unspecified atom stereocenters. The fourth-order valence-corrected chi connectivity index (χ4v) is 0.865. The van der Waals surface area contributed by atoms with Gasteiger partial charge in [-0.3, -0.25) is 9.78 Å². The molecule has 0 radical (unpaired) electrons. The second-order valence-electron chi connectivity index (χ2n) is 2.35. The largest absolute Gasteiger partial charge is 0.380 e. The van der Waals surface area contributed by atoms with Crippen LogP contribution in [0.2, 0.25) is 0 Å². The first kappa shape index (κ1) is 8.67. The average Bonchev–Trinajstić information content (AvgIpc) is 2.05. The summed E-state index contributed by atoms with van der Waals surface area (Å²) in [6.45, 7) is 0.461. The number of aromatic nitrogens is 1. The molecular weight excluding hydrogens is 156 g/mol. The minimum Gasteiger partial charge on any atom is -0.380 e. The minimum absolute atomic E-state index is 0.268. The summed E-state index contributed by atoms with van der Waals surface area (Å²) < 4.78 is 4.88. The van der Waals surface area contributed by atoms with Gasteiger partial charge in [0.1, 0.15) is 5.69 Å². The lowest BCUT2D eigenvalue weighted by molar-refractivity contribution is 0.0995. The van der Waals surface area contributed by atoms with Gasteiger partial charge >= 0.3 is 0 Å². The van der Waals surface area contributed by atoms with Crippen LogP contribution in [0.4, 0.5) is 0 Å². The number of methoxy groups -OCH3 is 1. The molecule has 1 amide bonds. The van der Waals surface area contributed by atoms with Crippen LogP contribution < -0.4 is 5.73 Å². The maximum absolute atomic E-state index is 10.7. The minimum atomic E-state index is -0.520. The van der Waals surface area contributed by atoms with Crippen LogP contribution in [0, 0.1) is 0 Å². The van der Waals surface area contributed by atoms with Crippen LogP contribution in [-0.2, 0) is 11.3 Å². The van der Waals surface area contributed by atoms with Gasteiger partial charge in [-0.15, -0.1) is 0 Å². The molecule has 0 spiro atoms. The first-order valence-electron chi connectivity index (χ1n) is 3.47. The second kappa shape index (κ2) is 3.82. The Hall–Kier alpha value is -1.42. The molecule has 12 heavy (non-hydrogen) atoms. The number of pyridine rings is 1. The Morgan fingerprint density at radius 2 is 2.50 bits per heavy atom. The summed E-state index contributed by atoms with van der Waals surface area (Å²) in [7, 11) is 1.59. The van der Waals surface area contributed by atoms with Crippen molar-refractivity contribution in [3.05, 3.63) is 29.6 Å². The van der Waals surface area contributed by atoms with E-state index in [9.17, 15) is 4.79 Å². The molecule has 1 rings (SSSR count). The van der Waals surface area contributed by atoms with Gasteiger partial charge in [0.05, 0.1) is 6.61 Å². The number of carbonyl (C=O) groups excluding carboxylic acids is 1. The zero-order valence-corrected chi connectivity index (χ0v) is 6.78. The summed E-state index contributed by atoms with van der Waals surface area (Å²) in [5.41, 5.74) is 6.19. The molecule has 64 valence electrons. The van der Waals surface area contributed by atoms with Gasteiger partial charge in [0.2, 0.25) is 0 Å². The number of hydrogen-bond donors (Lipinski definition) is 1. The van der Waals surface area contributed by atoms with E-state index in [0.717, 1.165) is 5.56 Å². The monoisotopic (exact) mass is 166 g/mol. The number of nitrogens with zero attached hydrogens (tertiary/aromatic N) is 1. The zero-order valence-electron chi connectivity index (χ0n) is 6.78. The van der Waals surface area contributed by atoms with Crippen LogP contribution in [0.25, 0.3) is 0 Å². The Balaban J connectivity index is 2.88. The Kier molecular flexibility index (Phi) is 2.76. The highest BCUT2D eigenvalue weighted by Crippen LogP contribution is 2.01. The van der Waals surface area contributed by atoms with Crippen LogP contribution in [0.5, 0.6) is 0 Å². The van der Waals surface area contributed by atoms with Crippen molar-refractivity contribution < 1.29 is 9.53 Å².